The van der Waals surface area contributed by atoms with Gasteiger partial charge in [-0.1, -0.05) is 31.9 Å². The number of nitrogens with two attached hydrogens (primary N) is 1. The minimum absolute atomic E-state index is 0.157. The van der Waals surface area contributed by atoms with Crippen molar-refractivity contribution in [1.82, 2.24) is 4.72 Å². The molecule has 0 bridgehead atoms. The summed E-state index contributed by atoms with van der Waals surface area (Å²) in [5.41, 5.74) is 6.11. The van der Waals surface area contributed by atoms with Crippen LogP contribution >= 0.6 is 0 Å². The van der Waals surface area contributed by atoms with Crippen molar-refractivity contribution in [2.45, 2.75) is 38.0 Å². The molecule has 0 aromatic heterocycles. The second-order valence-electron chi connectivity index (χ2n) is 4.58. The molecule has 0 aliphatic heterocycles. The molecule has 0 amide bonds. The maximum atomic E-state index is 12.7. The number of hydrogen-bond acceptors (Lipinski definition) is 3. The molecule has 4 nitrogen and oxygen atoms in total. The van der Waals surface area contributed by atoms with Crippen LogP contribution in [0.3, 0.4) is 0 Å². The van der Waals surface area contributed by atoms with E-state index in [1.54, 1.807) is 0 Å². The highest BCUT2D eigenvalue weighted by Gasteiger charge is 2.17. The normalized spacial score (nSPS) is 13.4. The van der Waals surface area contributed by atoms with Crippen molar-refractivity contribution in [3.05, 3.63) is 35.6 Å². The Morgan fingerprint density at radius 2 is 1.95 bits per heavy atom. The minimum atomic E-state index is -3.44. The topological polar surface area (TPSA) is 72.2 Å². The van der Waals surface area contributed by atoms with Gasteiger partial charge in [-0.15, -0.1) is 0 Å². The summed E-state index contributed by atoms with van der Waals surface area (Å²) in [5, 5.41) is 0. The van der Waals surface area contributed by atoms with E-state index in [9.17, 15) is 12.8 Å². The van der Waals surface area contributed by atoms with Gasteiger partial charge in [-0.05, 0) is 24.1 Å². The van der Waals surface area contributed by atoms with E-state index in [4.69, 9.17) is 5.73 Å². The first-order chi connectivity index (χ1) is 8.96. The van der Waals surface area contributed by atoms with Gasteiger partial charge in [0.15, 0.2) is 0 Å². The molecule has 0 fully saturated rings. The van der Waals surface area contributed by atoms with Gasteiger partial charge in [0.25, 0.3) is 0 Å². The van der Waals surface area contributed by atoms with Gasteiger partial charge in [-0.25, -0.2) is 17.5 Å². The van der Waals surface area contributed by atoms with Crippen molar-refractivity contribution >= 4 is 10.0 Å². The van der Waals surface area contributed by atoms with E-state index in [0.717, 1.165) is 19.3 Å². The molecule has 0 spiro atoms. The Bertz CT molecular complexity index is 474. The Balaban J connectivity index is 2.62. The van der Waals surface area contributed by atoms with Crippen LogP contribution in [0.2, 0.25) is 0 Å². The fraction of sp³-hybridized carbons (Fsp3) is 0.538. The molecule has 108 valence electrons. The molecule has 1 aromatic rings. The zero-order valence-corrected chi connectivity index (χ0v) is 11.9. The highest BCUT2D eigenvalue weighted by Crippen LogP contribution is 2.08. The fourth-order valence-electron chi connectivity index (χ4n) is 1.77. The van der Waals surface area contributed by atoms with Crippen molar-refractivity contribution in [1.29, 1.82) is 0 Å². The van der Waals surface area contributed by atoms with E-state index in [1.165, 1.54) is 24.3 Å². The lowest BCUT2D eigenvalue weighted by molar-refractivity contribution is 0.516. The van der Waals surface area contributed by atoms with Gasteiger partial charge in [0.1, 0.15) is 5.82 Å². The monoisotopic (exact) mass is 288 g/mol. The van der Waals surface area contributed by atoms with Gasteiger partial charge >= 0.3 is 0 Å². The molecule has 1 rings (SSSR count). The lowest BCUT2D eigenvalue weighted by atomic mass is 10.1. The van der Waals surface area contributed by atoms with Crippen molar-refractivity contribution in [2.75, 3.05) is 6.54 Å². The largest absolute Gasteiger partial charge is 0.329 e. The molecule has 1 atom stereocenters. The molecule has 1 unspecified atom stereocenters. The summed E-state index contributed by atoms with van der Waals surface area (Å²) in [5.74, 6) is -0.535. The van der Waals surface area contributed by atoms with E-state index in [0.29, 0.717) is 5.56 Å². The fourth-order valence-corrected chi connectivity index (χ4v) is 3.21. The van der Waals surface area contributed by atoms with E-state index in [-0.39, 0.29) is 24.2 Å². The first kappa shape index (κ1) is 16.1. The van der Waals surface area contributed by atoms with Crippen molar-refractivity contribution in [3.63, 3.8) is 0 Å². The second kappa shape index (κ2) is 7.57. The van der Waals surface area contributed by atoms with E-state index in [1.807, 2.05) is 6.92 Å². The molecule has 0 heterocycles. The van der Waals surface area contributed by atoms with Gasteiger partial charge in [0.2, 0.25) is 10.0 Å². The molecule has 0 aliphatic carbocycles. The lowest BCUT2D eigenvalue weighted by Crippen LogP contribution is -2.40. The predicted octanol–water partition coefficient (Wildman–Crippen LogP) is 1.76. The van der Waals surface area contributed by atoms with Crippen LogP contribution in [0, 0.1) is 5.82 Å². The summed E-state index contributed by atoms with van der Waals surface area (Å²) < 4.78 is 39.3. The highest BCUT2D eigenvalue weighted by atomic mass is 32.2. The van der Waals surface area contributed by atoms with E-state index < -0.39 is 10.0 Å². The number of benzene rings is 1. The standard InChI is InChI=1S/C13H21FN2O2S/c1-2-3-4-13(9-15)16-19(17,18)10-11-5-7-12(14)8-6-11/h5-8,13,16H,2-4,9-10,15H2,1H3. The quantitative estimate of drug-likeness (QED) is 0.765. The van der Waals surface area contributed by atoms with Gasteiger partial charge in [0.05, 0.1) is 5.75 Å². The second-order valence-corrected chi connectivity index (χ2v) is 6.33. The summed E-state index contributed by atoms with van der Waals surface area (Å²) in [7, 11) is -3.44. The Hall–Kier alpha value is -0.980. The molecule has 6 heteroatoms. The van der Waals surface area contributed by atoms with Crippen LogP contribution < -0.4 is 10.5 Å². The first-order valence-corrected chi connectivity index (χ1v) is 8.06. The third-order valence-electron chi connectivity index (χ3n) is 2.81. The third-order valence-corrected chi connectivity index (χ3v) is 4.21. The Kier molecular flexibility index (Phi) is 6.41. The molecular weight excluding hydrogens is 267 g/mol. The minimum Gasteiger partial charge on any atom is -0.329 e. The van der Waals surface area contributed by atoms with Crippen molar-refractivity contribution in [2.24, 2.45) is 5.73 Å². The van der Waals surface area contributed by atoms with Crippen LogP contribution in [0.5, 0.6) is 0 Å². The zero-order chi connectivity index (χ0) is 14.3. The van der Waals surface area contributed by atoms with Crippen LogP contribution in [-0.4, -0.2) is 21.0 Å². The third kappa shape index (κ3) is 6.13. The summed E-state index contributed by atoms with van der Waals surface area (Å²) in [4.78, 5) is 0. The smallest absolute Gasteiger partial charge is 0.216 e. The molecule has 0 saturated heterocycles. The molecule has 0 saturated carbocycles. The molecule has 19 heavy (non-hydrogen) atoms. The number of halogens is 1. The van der Waals surface area contributed by atoms with Crippen LogP contribution in [-0.2, 0) is 15.8 Å². The van der Waals surface area contributed by atoms with Crippen molar-refractivity contribution < 1.29 is 12.8 Å². The van der Waals surface area contributed by atoms with E-state index in [2.05, 4.69) is 4.72 Å². The zero-order valence-electron chi connectivity index (χ0n) is 11.1. The number of unbranched alkanes of at least 4 members (excludes halogenated alkanes) is 1. The summed E-state index contributed by atoms with van der Waals surface area (Å²) in [6.45, 7) is 2.32. The first-order valence-electron chi connectivity index (χ1n) is 6.41. The maximum Gasteiger partial charge on any atom is 0.216 e. The number of hydrogen-bond donors (Lipinski definition) is 2. The summed E-state index contributed by atoms with van der Waals surface area (Å²) >= 11 is 0. The molecule has 0 aliphatic rings. The van der Waals surface area contributed by atoms with Crippen LogP contribution in [0.25, 0.3) is 0 Å². The van der Waals surface area contributed by atoms with Gasteiger partial charge in [-0.3, -0.25) is 0 Å². The number of rotatable bonds is 8. The average Bonchev–Trinajstić information content (AvgIpc) is 2.37. The van der Waals surface area contributed by atoms with Gasteiger partial charge in [-0.2, -0.15) is 0 Å². The van der Waals surface area contributed by atoms with Crippen LogP contribution in [0.1, 0.15) is 31.7 Å². The number of nitrogens with one attached hydrogen (secondary N) is 1. The van der Waals surface area contributed by atoms with Crippen LogP contribution in [0.15, 0.2) is 24.3 Å². The van der Waals surface area contributed by atoms with E-state index >= 15 is 0 Å². The lowest BCUT2D eigenvalue weighted by Gasteiger charge is -2.16. The highest BCUT2D eigenvalue weighted by molar-refractivity contribution is 7.88. The molecular formula is C13H21FN2O2S. The SMILES string of the molecule is CCCCC(CN)NS(=O)(=O)Cc1ccc(F)cc1. The van der Waals surface area contributed by atoms with Gasteiger partial charge in [0, 0.05) is 12.6 Å². The Morgan fingerprint density at radius 3 is 2.47 bits per heavy atom. The molecule has 3 N–H and O–H groups in total. The molecule has 0 radical (unpaired) electrons. The average molecular weight is 288 g/mol. The Morgan fingerprint density at radius 1 is 1.32 bits per heavy atom. The summed E-state index contributed by atoms with van der Waals surface area (Å²) in [6.07, 6.45) is 2.66. The maximum absolute atomic E-state index is 12.7. The van der Waals surface area contributed by atoms with Crippen LogP contribution in [0.4, 0.5) is 4.39 Å². The van der Waals surface area contributed by atoms with Gasteiger partial charge < -0.3 is 5.73 Å². The summed E-state index contributed by atoms with van der Waals surface area (Å²) in [6, 6.07) is 5.21. The number of sulfonamides is 1. The Labute approximate surface area is 114 Å². The predicted molar refractivity (Wildman–Crippen MR) is 74.5 cm³/mol. The van der Waals surface area contributed by atoms with Crippen molar-refractivity contribution in [3.8, 4) is 0 Å². The molecule has 1 aromatic carbocycles.